The van der Waals surface area contributed by atoms with Crippen LogP contribution in [-0.2, 0) is 14.3 Å². The first kappa shape index (κ1) is 31.7. The van der Waals surface area contributed by atoms with Gasteiger partial charge in [-0.1, -0.05) is 45.6 Å². The predicted molar refractivity (Wildman–Crippen MR) is 171 cm³/mol. The molecule has 254 valence electrons. The van der Waals surface area contributed by atoms with Crippen LogP contribution in [-0.4, -0.2) is 75.3 Å². The Morgan fingerprint density at radius 1 is 1.04 bits per heavy atom. The first-order chi connectivity index (χ1) is 21.9. The zero-order valence-electron chi connectivity index (χ0n) is 27.9. The highest BCUT2D eigenvalue weighted by Gasteiger charge is 2.81. The molecule has 0 aromatic heterocycles. The first-order valence-corrected chi connectivity index (χ1v) is 18.5. The maximum atomic E-state index is 13.7. The SMILES string of the molecule is CNCC1=CC2CC3(O)C(C)(CCC4C3(O)CC3CC(C(C)C5CCCC5)CCC5C(O)CCC4(C=O)C35O)C2C2=CC(=O)OC12. The topological polar surface area (TPSA) is 136 Å². The van der Waals surface area contributed by atoms with E-state index in [1.54, 1.807) is 6.08 Å². The van der Waals surface area contributed by atoms with Gasteiger partial charge in [-0.25, -0.2) is 4.79 Å². The van der Waals surface area contributed by atoms with Crippen LogP contribution in [0.1, 0.15) is 97.3 Å². The molecule has 8 nitrogen and oxygen atoms in total. The number of likely N-dealkylation sites (N-methyl/N-ethyl adjacent to an activating group) is 1. The van der Waals surface area contributed by atoms with Crippen molar-refractivity contribution in [3.63, 3.8) is 0 Å². The van der Waals surface area contributed by atoms with E-state index >= 15 is 0 Å². The number of esters is 1. The largest absolute Gasteiger partial charge is 0.450 e. The molecule has 8 rings (SSSR count). The molecule has 5 N–H and O–H groups in total. The standard InChI is InChI=1S/C38H55NO7/c1-21(22-6-4-5-7-22)23-8-9-28-29(41)10-13-35(20-40)30-11-12-34(2)32-24(14-25(19-39-3)33-27(32)16-31(42)46-33)17-37(34,44)36(30,43)18-26(15-23)38(28,35)45/h14,16,20-24,26,28-30,32-33,39,41,43-45H,4-13,15,17-19H2,1-3H3. The Morgan fingerprint density at radius 3 is 2.52 bits per heavy atom. The Bertz CT molecular complexity index is 1360. The number of aliphatic hydroxyl groups excluding tert-OH is 1. The number of aldehydes is 1. The summed E-state index contributed by atoms with van der Waals surface area (Å²) in [6.45, 7) is 5.01. The number of rotatable bonds is 5. The van der Waals surface area contributed by atoms with Gasteiger partial charge in [-0.05, 0) is 111 Å². The maximum Gasteiger partial charge on any atom is 0.331 e. The van der Waals surface area contributed by atoms with E-state index in [2.05, 4.69) is 25.2 Å². The minimum atomic E-state index is -1.61. The molecule has 0 aromatic carbocycles. The van der Waals surface area contributed by atoms with Gasteiger partial charge in [0.25, 0.3) is 0 Å². The van der Waals surface area contributed by atoms with E-state index in [-0.39, 0.29) is 24.2 Å². The Labute approximate surface area is 273 Å². The molecule has 7 aliphatic carbocycles. The number of carbonyl (C=O) groups is 2. The van der Waals surface area contributed by atoms with Gasteiger partial charge in [0.1, 0.15) is 18.0 Å². The van der Waals surface area contributed by atoms with E-state index in [4.69, 9.17) is 4.74 Å². The minimum Gasteiger partial charge on any atom is -0.450 e. The third kappa shape index (κ3) is 3.74. The minimum absolute atomic E-state index is 0.0867. The summed E-state index contributed by atoms with van der Waals surface area (Å²) in [6.07, 6.45) is 13.2. The van der Waals surface area contributed by atoms with Gasteiger partial charge in [-0.2, -0.15) is 0 Å². The van der Waals surface area contributed by atoms with Gasteiger partial charge in [0.05, 0.1) is 22.7 Å². The van der Waals surface area contributed by atoms with Crippen LogP contribution >= 0.6 is 0 Å². The average Bonchev–Trinajstić information content (AvgIpc) is 3.71. The highest BCUT2D eigenvalue weighted by molar-refractivity contribution is 5.87. The van der Waals surface area contributed by atoms with Crippen molar-refractivity contribution in [2.45, 2.75) is 126 Å². The quantitative estimate of drug-likeness (QED) is 0.174. The van der Waals surface area contributed by atoms with Crippen LogP contribution in [0, 0.1) is 58.2 Å². The Morgan fingerprint density at radius 2 is 1.80 bits per heavy atom. The van der Waals surface area contributed by atoms with E-state index in [9.17, 15) is 30.0 Å². The monoisotopic (exact) mass is 637 g/mol. The number of hydrogen-bond donors (Lipinski definition) is 5. The number of aliphatic hydroxyl groups is 4. The van der Waals surface area contributed by atoms with Crippen LogP contribution in [0.4, 0.5) is 0 Å². The predicted octanol–water partition coefficient (Wildman–Crippen LogP) is 3.85. The molecule has 14 atom stereocenters. The lowest BCUT2D eigenvalue weighted by atomic mass is 9.36. The summed E-state index contributed by atoms with van der Waals surface area (Å²) in [5, 5.41) is 54.6. The molecule has 0 radical (unpaired) electrons. The molecule has 0 aromatic rings. The van der Waals surface area contributed by atoms with Crippen LogP contribution in [0.5, 0.6) is 0 Å². The second kappa shape index (κ2) is 10.5. The van der Waals surface area contributed by atoms with E-state index in [1.807, 2.05) is 7.05 Å². The lowest BCUT2D eigenvalue weighted by Crippen LogP contribution is -2.80. The molecule has 0 amide bonds. The summed E-state index contributed by atoms with van der Waals surface area (Å²) in [7, 11) is 1.87. The first-order valence-electron chi connectivity index (χ1n) is 18.5. The van der Waals surface area contributed by atoms with Crippen LogP contribution in [0.2, 0.25) is 0 Å². The molecule has 0 spiro atoms. The van der Waals surface area contributed by atoms with Crippen LogP contribution < -0.4 is 5.32 Å². The second-order valence-corrected chi connectivity index (χ2v) is 17.4. The van der Waals surface area contributed by atoms with Crippen molar-refractivity contribution < 1.29 is 34.8 Å². The van der Waals surface area contributed by atoms with Gasteiger partial charge >= 0.3 is 5.97 Å². The van der Waals surface area contributed by atoms with Crippen molar-refractivity contribution in [3.8, 4) is 0 Å². The summed E-state index contributed by atoms with van der Waals surface area (Å²) < 4.78 is 5.81. The molecule has 46 heavy (non-hydrogen) atoms. The van der Waals surface area contributed by atoms with Crippen LogP contribution in [0.25, 0.3) is 0 Å². The molecule has 8 heteroatoms. The van der Waals surface area contributed by atoms with Gasteiger partial charge in [0.2, 0.25) is 0 Å². The van der Waals surface area contributed by atoms with Gasteiger partial charge in [0, 0.05) is 29.9 Å². The van der Waals surface area contributed by atoms with Gasteiger partial charge in [-0.15, -0.1) is 0 Å². The van der Waals surface area contributed by atoms with Gasteiger partial charge in [-0.3, -0.25) is 0 Å². The molecular formula is C38H55NO7. The third-order valence-corrected chi connectivity index (χ3v) is 16.1. The zero-order valence-corrected chi connectivity index (χ0v) is 27.9. The summed E-state index contributed by atoms with van der Waals surface area (Å²) in [6, 6.07) is 0. The highest BCUT2D eigenvalue weighted by atomic mass is 16.5. The van der Waals surface area contributed by atoms with Crippen LogP contribution in [0.3, 0.4) is 0 Å². The second-order valence-electron chi connectivity index (χ2n) is 17.4. The fraction of sp³-hybridized carbons (Fsp3) is 0.842. The summed E-state index contributed by atoms with van der Waals surface area (Å²) in [4.78, 5) is 26.4. The highest BCUT2D eigenvalue weighted by Crippen LogP contribution is 2.76. The molecule has 0 saturated heterocycles. The average molecular weight is 638 g/mol. The molecule has 6 saturated carbocycles. The van der Waals surface area contributed by atoms with Crippen molar-refractivity contribution in [3.05, 3.63) is 23.3 Å². The lowest BCUT2D eigenvalue weighted by molar-refractivity contribution is -0.341. The van der Waals surface area contributed by atoms with Crippen LogP contribution in [0.15, 0.2) is 23.3 Å². The smallest absolute Gasteiger partial charge is 0.331 e. The number of nitrogens with one attached hydrogen (secondary N) is 1. The third-order valence-electron chi connectivity index (χ3n) is 16.1. The zero-order chi connectivity index (χ0) is 32.4. The normalized spacial score (nSPS) is 53.4. The maximum absolute atomic E-state index is 13.7. The van der Waals surface area contributed by atoms with E-state index < -0.39 is 57.6 Å². The molecular weight excluding hydrogens is 582 g/mol. The number of carbonyl (C=O) groups excluding carboxylic acids is 2. The van der Waals surface area contributed by atoms with Crippen molar-refractivity contribution in [2.24, 2.45) is 58.2 Å². The fourth-order valence-corrected chi connectivity index (χ4v) is 14.1. The summed E-state index contributed by atoms with van der Waals surface area (Å²) >= 11 is 0. The van der Waals surface area contributed by atoms with E-state index in [0.29, 0.717) is 69.2 Å². The Hall–Kier alpha value is -1.58. The fourth-order valence-electron chi connectivity index (χ4n) is 14.1. The molecule has 1 heterocycles. The Balaban J connectivity index is 1.24. The van der Waals surface area contributed by atoms with Crippen molar-refractivity contribution in [1.29, 1.82) is 0 Å². The number of ether oxygens (including phenoxy) is 1. The molecule has 8 aliphatic rings. The summed E-state index contributed by atoms with van der Waals surface area (Å²) in [5.41, 5.74) is -4.69. The number of fused-ring (bicyclic) bond motifs is 8. The lowest BCUT2D eigenvalue weighted by Gasteiger charge is -2.71. The summed E-state index contributed by atoms with van der Waals surface area (Å²) in [5.74, 6) is -0.624. The number of allylic oxidation sites excluding steroid dienone is 1. The molecule has 14 unspecified atom stereocenters. The van der Waals surface area contributed by atoms with Crippen molar-refractivity contribution in [2.75, 3.05) is 13.6 Å². The van der Waals surface area contributed by atoms with Crippen molar-refractivity contribution >= 4 is 12.3 Å². The van der Waals surface area contributed by atoms with Gasteiger partial charge < -0.3 is 35.3 Å². The molecule has 0 bridgehead atoms. The van der Waals surface area contributed by atoms with Crippen molar-refractivity contribution in [1.82, 2.24) is 5.32 Å². The van der Waals surface area contributed by atoms with E-state index in [0.717, 1.165) is 23.9 Å². The Kier molecular flexibility index (Phi) is 7.20. The molecule has 6 fully saturated rings. The van der Waals surface area contributed by atoms with Gasteiger partial charge in [0.15, 0.2) is 0 Å². The van der Waals surface area contributed by atoms with E-state index in [1.165, 1.54) is 25.7 Å². The number of hydrogen-bond acceptors (Lipinski definition) is 8. The molecule has 1 aliphatic heterocycles.